The summed E-state index contributed by atoms with van der Waals surface area (Å²) in [6.45, 7) is -0.399. The van der Waals surface area contributed by atoms with Gasteiger partial charge in [0, 0.05) is 42.3 Å². The minimum Gasteiger partial charge on any atom is -0.493 e. The average Bonchev–Trinajstić information content (AvgIpc) is 2.70. The highest BCUT2D eigenvalue weighted by Gasteiger charge is 2.27. The SMILES string of the molecule is CO[C@H](C[C@H](O)[C@H](COc1cc(F)cc(F)c1)N=[N+]=[N-])C(=O)Nc1ccc(F)cc1. The van der Waals surface area contributed by atoms with E-state index in [4.69, 9.17) is 15.0 Å². The molecule has 0 bridgehead atoms. The van der Waals surface area contributed by atoms with Crippen molar-refractivity contribution >= 4 is 11.6 Å². The van der Waals surface area contributed by atoms with Gasteiger partial charge in [0.2, 0.25) is 0 Å². The van der Waals surface area contributed by atoms with Gasteiger partial charge in [-0.1, -0.05) is 5.11 Å². The number of halogens is 3. The molecule has 0 aliphatic rings. The molecule has 160 valence electrons. The van der Waals surface area contributed by atoms with Gasteiger partial charge in [0.15, 0.2) is 0 Å². The molecule has 0 spiro atoms. The number of ether oxygens (including phenoxy) is 2. The lowest BCUT2D eigenvalue weighted by Crippen LogP contribution is -2.38. The third-order valence-electron chi connectivity index (χ3n) is 4.05. The summed E-state index contributed by atoms with van der Waals surface area (Å²) in [5, 5.41) is 16.3. The first kappa shape index (κ1) is 23.0. The number of nitrogens with zero attached hydrogens (tertiary/aromatic N) is 3. The van der Waals surface area contributed by atoms with E-state index in [1.807, 2.05) is 0 Å². The summed E-state index contributed by atoms with van der Waals surface area (Å²) in [7, 11) is 1.25. The molecule has 2 rings (SSSR count). The lowest BCUT2D eigenvalue weighted by Gasteiger charge is -2.23. The maximum absolute atomic E-state index is 13.2. The number of carbonyl (C=O) groups excluding carboxylic acids is 1. The number of carbonyl (C=O) groups is 1. The highest BCUT2D eigenvalue weighted by atomic mass is 19.1. The van der Waals surface area contributed by atoms with E-state index in [1.54, 1.807) is 0 Å². The number of aliphatic hydroxyl groups is 1. The second kappa shape index (κ2) is 11.1. The normalized spacial score (nSPS) is 13.6. The van der Waals surface area contributed by atoms with Crippen LogP contribution in [-0.4, -0.2) is 43.0 Å². The second-order valence-corrected chi connectivity index (χ2v) is 6.21. The smallest absolute Gasteiger partial charge is 0.253 e. The summed E-state index contributed by atoms with van der Waals surface area (Å²) in [6, 6.07) is 6.38. The summed E-state index contributed by atoms with van der Waals surface area (Å²) in [4.78, 5) is 15.0. The molecule has 0 unspecified atom stereocenters. The van der Waals surface area contributed by atoms with Crippen LogP contribution < -0.4 is 10.1 Å². The standard InChI is InChI=1S/C19H19F3N4O4/c1-29-18(19(28)24-14-4-2-11(20)3-5-14)9-17(27)16(25-26-23)10-30-15-7-12(21)6-13(22)8-15/h2-8,16-18,27H,9-10H2,1H3,(H,24,28)/t16-,17-,18+/m0/s1. The molecule has 11 heteroatoms. The largest absolute Gasteiger partial charge is 0.493 e. The van der Waals surface area contributed by atoms with E-state index in [0.29, 0.717) is 11.8 Å². The highest BCUT2D eigenvalue weighted by Crippen LogP contribution is 2.18. The van der Waals surface area contributed by atoms with Gasteiger partial charge in [0.05, 0.1) is 18.8 Å². The molecule has 2 N–H and O–H groups in total. The fourth-order valence-electron chi connectivity index (χ4n) is 2.52. The number of benzene rings is 2. The van der Waals surface area contributed by atoms with Crippen molar-refractivity contribution in [2.75, 3.05) is 19.0 Å². The molecule has 0 aliphatic carbocycles. The fraction of sp³-hybridized carbons (Fsp3) is 0.316. The van der Waals surface area contributed by atoms with E-state index in [1.165, 1.54) is 19.2 Å². The first-order chi connectivity index (χ1) is 14.3. The molecule has 0 saturated carbocycles. The Labute approximate surface area is 169 Å². The van der Waals surface area contributed by atoms with Crippen LogP contribution in [0.2, 0.25) is 0 Å². The number of amides is 1. The number of nitrogens with one attached hydrogen (secondary N) is 1. The van der Waals surface area contributed by atoms with Gasteiger partial charge in [-0.2, -0.15) is 0 Å². The molecule has 2 aromatic rings. The minimum absolute atomic E-state index is 0.157. The van der Waals surface area contributed by atoms with E-state index in [9.17, 15) is 23.1 Å². The Kier molecular flexibility index (Phi) is 8.48. The molecule has 0 aliphatic heterocycles. The summed E-state index contributed by atoms with van der Waals surface area (Å²) in [5.41, 5.74) is 9.04. The summed E-state index contributed by atoms with van der Waals surface area (Å²) in [6.07, 6.45) is -2.77. The van der Waals surface area contributed by atoms with Gasteiger partial charge >= 0.3 is 0 Å². The van der Waals surface area contributed by atoms with Crippen molar-refractivity contribution in [3.8, 4) is 5.75 Å². The van der Waals surface area contributed by atoms with Crippen LogP contribution in [0.5, 0.6) is 5.75 Å². The van der Waals surface area contributed by atoms with Gasteiger partial charge < -0.3 is 19.9 Å². The topological polar surface area (TPSA) is 117 Å². The zero-order valence-corrected chi connectivity index (χ0v) is 15.8. The molecule has 0 fully saturated rings. The van der Waals surface area contributed by atoms with Crippen LogP contribution >= 0.6 is 0 Å². The predicted octanol–water partition coefficient (Wildman–Crippen LogP) is 3.57. The molecule has 3 atom stereocenters. The minimum atomic E-state index is -1.37. The molecule has 8 nitrogen and oxygen atoms in total. The quantitative estimate of drug-likeness (QED) is 0.344. The van der Waals surface area contributed by atoms with Crippen molar-refractivity contribution in [2.24, 2.45) is 5.11 Å². The van der Waals surface area contributed by atoms with Crippen molar-refractivity contribution in [3.63, 3.8) is 0 Å². The third-order valence-corrected chi connectivity index (χ3v) is 4.05. The van der Waals surface area contributed by atoms with E-state index in [-0.39, 0.29) is 12.2 Å². The first-order valence-electron chi connectivity index (χ1n) is 8.72. The van der Waals surface area contributed by atoms with Crippen LogP contribution in [0.25, 0.3) is 10.4 Å². The number of rotatable bonds is 10. The van der Waals surface area contributed by atoms with Crippen LogP contribution in [0.1, 0.15) is 6.42 Å². The lowest BCUT2D eigenvalue weighted by atomic mass is 10.0. The van der Waals surface area contributed by atoms with Crippen molar-refractivity contribution in [1.82, 2.24) is 0 Å². The van der Waals surface area contributed by atoms with Gasteiger partial charge in [-0.3, -0.25) is 4.79 Å². The Hall–Kier alpha value is -3.27. The Morgan fingerprint density at radius 2 is 1.80 bits per heavy atom. The summed E-state index contributed by atoms with van der Waals surface area (Å²) in [5.74, 6) is -2.96. The number of hydrogen-bond acceptors (Lipinski definition) is 5. The Balaban J connectivity index is 2.00. The second-order valence-electron chi connectivity index (χ2n) is 6.21. The number of methoxy groups -OCH3 is 1. The van der Waals surface area contributed by atoms with Crippen LogP contribution in [0, 0.1) is 17.5 Å². The Morgan fingerprint density at radius 1 is 1.17 bits per heavy atom. The van der Waals surface area contributed by atoms with E-state index >= 15 is 0 Å². The molecule has 0 heterocycles. The van der Waals surface area contributed by atoms with Crippen LogP contribution in [0.15, 0.2) is 47.6 Å². The van der Waals surface area contributed by atoms with Gasteiger partial charge in [-0.05, 0) is 29.8 Å². The first-order valence-corrected chi connectivity index (χ1v) is 8.72. The predicted molar refractivity (Wildman–Crippen MR) is 101 cm³/mol. The van der Waals surface area contributed by atoms with Gasteiger partial charge in [-0.15, -0.1) is 0 Å². The molecular formula is C19H19F3N4O4. The average molecular weight is 424 g/mol. The number of aliphatic hydroxyl groups excluding tert-OH is 1. The van der Waals surface area contributed by atoms with Crippen molar-refractivity contribution in [2.45, 2.75) is 24.7 Å². The Bertz CT molecular complexity index is 887. The number of anilines is 1. The van der Waals surface area contributed by atoms with E-state index in [0.717, 1.165) is 24.3 Å². The van der Waals surface area contributed by atoms with Crippen molar-refractivity contribution < 1.29 is 32.5 Å². The van der Waals surface area contributed by atoms with Gasteiger partial charge in [0.1, 0.15) is 29.3 Å². The van der Waals surface area contributed by atoms with E-state index < -0.39 is 48.2 Å². The van der Waals surface area contributed by atoms with Crippen LogP contribution in [-0.2, 0) is 9.53 Å². The van der Waals surface area contributed by atoms with Crippen molar-refractivity contribution in [3.05, 3.63) is 70.4 Å². The van der Waals surface area contributed by atoms with Crippen LogP contribution in [0.3, 0.4) is 0 Å². The van der Waals surface area contributed by atoms with Gasteiger partial charge in [0.25, 0.3) is 5.91 Å². The van der Waals surface area contributed by atoms with Gasteiger partial charge in [-0.25, -0.2) is 13.2 Å². The van der Waals surface area contributed by atoms with E-state index in [2.05, 4.69) is 15.3 Å². The molecule has 2 aromatic carbocycles. The third kappa shape index (κ3) is 6.96. The monoisotopic (exact) mass is 424 g/mol. The zero-order chi connectivity index (χ0) is 22.1. The lowest BCUT2D eigenvalue weighted by molar-refractivity contribution is -0.127. The summed E-state index contributed by atoms with van der Waals surface area (Å²) < 4.78 is 49.7. The fourth-order valence-corrected chi connectivity index (χ4v) is 2.52. The molecule has 30 heavy (non-hydrogen) atoms. The molecule has 0 aromatic heterocycles. The van der Waals surface area contributed by atoms with Crippen molar-refractivity contribution in [1.29, 1.82) is 0 Å². The molecular weight excluding hydrogens is 405 g/mol. The number of hydrogen-bond donors (Lipinski definition) is 2. The Morgan fingerprint density at radius 3 is 2.37 bits per heavy atom. The molecule has 0 radical (unpaired) electrons. The molecule has 0 saturated heterocycles. The summed E-state index contributed by atoms with van der Waals surface area (Å²) >= 11 is 0. The number of azide groups is 1. The molecule has 1 amide bonds. The van der Waals surface area contributed by atoms with Crippen LogP contribution in [0.4, 0.5) is 18.9 Å². The zero-order valence-electron chi connectivity index (χ0n) is 15.8. The maximum atomic E-state index is 13.2. The maximum Gasteiger partial charge on any atom is 0.253 e. The highest BCUT2D eigenvalue weighted by molar-refractivity contribution is 5.94.